The van der Waals surface area contributed by atoms with Crippen molar-refractivity contribution in [3.05, 3.63) is 44.2 Å². The van der Waals surface area contributed by atoms with E-state index in [4.69, 9.17) is 0 Å². The molecule has 3 heteroatoms. The second-order valence-electron chi connectivity index (χ2n) is 3.39. The minimum Gasteiger partial charge on any atom is -0.358 e. The number of pyridine rings is 1. The van der Waals surface area contributed by atoms with Gasteiger partial charge < -0.3 is 4.98 Å². The Labute approximate surface area is 90.1 Å². The van der Waals surface area contributed by atoms with Crippen molar-refractivity contribution in [1.29, 1.82) is 0 Å². The quantitative estimate of drug-likeness (QED) is 0.768. The highest BCUT2D eigenvalue weighted by atomic mass is 79.9. The molecular weight excluding hydrogens is 242 g/mol. The molecule has 1 N–H and O–H groups in total. The van der Waals surface area contributed by atoms with Crippen LogP contribution in [-0.4, -0.2) is 4.98 Å². The van der Waals surface area contributed by atoms with E-state index >= 15 is 0 Å². The molecule has 0 aliphatic rings. The van der Waals surface area contributed by atoms with E-state index in [-0.39, 0.29) is 5.43 Å². The van der Waals surface area contributed by atoms with E-state index < -0.39 is 0 Å². The van der Waals surface area contributed by atoms with Crippen LogP contribution in [0, 0.1) is 13.8 Å². The number of benzene rings is 1. The van der Waals surface area contributed by atoms with Crippen LogP contribution < -0.4 is 5.43 Å². The summed E-state index contributed by atoms with van der Waals surface area (Å²) in [6.07, 6.45) is 0. The first-order valence-corrected chi connectivity index (χ1v) is 5.17. The van der Waals surface area contributed by atoms with Gasteiger partial charge in [0.1, 0.15) is 0 Å². The molecule has 72 valence electrons. The number of aromatic amines is 1. The fraction of sp³-hybridized carbons (Fsp3) is 0.182. The van der Waals surface area contributed by atoms with E-state index in [1.807, 2.05) is 32.0 Å². The molecule has 1 aromatic heterocycles. The van der Waals surface area contributed by atoms with Crippen molar-refractivity contribution in [2.45, 2.75) is 13.8 Å². The normalized spacial score (nSPS) is 10.8. The predicted octanol–water partition coefficient (Wildman–Crippen LogP) is 2.91. The molecule has 0 amide bonds. The number of aryl methyl sites for hydroxylation is 1. The maximum absolute atomic E-state index is 11.9. The third-order valence-electron chi connectivity index (χ3n) is 2.45. The minimum absolute atomic E-state index is 0.109. The number of nitrogens with one attached hydrogen (secondary N) is 1. The van der Waals surface area contributed by atoms with E-state index in [0.717, 1.165) is 26.6 Å². The largest absolute Gasteiger partial charge is 0.358 e. The molecule has 0 aliphatic heterocycles. The molecule has 0 unspecified atom stereocenters. The summed E-state index contributed by atoms with van der Waals surface area (Å²) in [7, 11) is 0. The van der Waals surface area contributed by atoms with Gasteiger partial charge in [0.25, 0.3) is 0 Å². The van der Waals surface area contributed by atoms with Gasteiger partial charge in [-0.1, -0.05) is 15.9 Å². The van der Waals surface area contributed by atoms with Crippen LogP contribution in [0.5, 0.6) is 0 Å². The van der Waals surface area contributed by atoms with Gasteiger partial charge in [-0.05, 0) is 32.0 Å². The molecule has 0 radical (unpaired) electrons. The Morgan fingerprint density at radius 3 is 2.71 bits per heavy atom. The van der Waals surface area contributed by atoms with Gasteiger partial charge in [-0.25, -0.2) is 0 Å². The molecule has 2 nitrogen and oxygen atoms in total. The van der Waals surface area contributed by atoms with Crippen molar-refractivity contribution in [2.24, 2.45) is 0 Å². The summed E-state index contributed by atoms with van der Waals surface area (Å²) < 4.78 is 0.929. The van der Waals surface area contributed by atoms with Crippen molar-refractivity contribution < 1.29 is 0 Å². The van der Waals surface area contributed by atoms with Gasteiger partial charge in [-0.3, -0.25) is 4.79 Å². The fourth-order valence-corrected chi connectivity index (χ4v) is 1.84. The van der Waals surface area contributed by atoms with Crippen molar-refractivity contribution in [2.75, 3.05) is 0 Å². The van der Waals surface area contributed by atoms with Crippen LogP contribution in [0.1, 0.15) is 11.3 Å². The zero-order valence-corrected chi connectivity index (χ0v) is 9.60. The van der Waals surface area contributed by atoms with Crippen LogP contribution in [0.2, 0.25) is 0 Å². The predicted molar refractivity (Wildman–Crippen MR) is 61.7 cm³/mol. The average molecular weight is 252 g/mol. The summed E-state index contributed by atoms with van der Waals surface area (Å²) in [5.74, 6) is 0. The third kappa shape index (κ3) is 1.38. The van der Waals surface area contributed by atoms with E-state index in [9.17, 15) is 4.79 Å². The van der Waals surface area contributed by atoms with Crippen molar-refractivity contribution >= 4 is 26.8 Å². The summed E-state index contributed by atoms with van der Waals surface area (Å²) >= 11 is 3.36. The smallest absolute Gasteiger partial charge is 0.192 e. The number of H-pyrrole nitrogens is 1. The molecule has 0 saturated carbocycles. The Morgan fingerprint density at radius 2 is 2.00 bits per heavy atom. The van der Waals surface area contributed by atoms with Crippen LogP contribution in [0.15, 0.2) is 27.5 Å². The molecule has 0 bridgehead atoms. The maximum Gasteiger partial charge on any atom is 0.192 e. The number of fused-ring (bicyclic) bond motifs is 1. The van der Waals surface area contributed by atoms with Crippen molar-refractivity contribution in [3.8, 4) is 0 Å². The minimum atomic E-state index is 0.109. The fourth-order valence-electron chi connectivity index (χ4n) is 1.48. The third-order valence-corrected chi connectivity index (χ3v) is 2.94. The van der Waals surface area contributed by atoms with Crippen LogP contribution in [0.4, 0.5) is 0 Å². The lowest BCUT2D eigenvalue weighted by Crippen LogP contribution is -2.09. The molecular formula is C11H10BrNO. The molecule has 1 heterocycles. The summed E-state index contributed by atoms with van der Waals surface area (Å²) in [5, 5.41) is 0.738. The Bertz CT molecular complexity index is 557. The van der Waals surface area contributed by atoms with E-state index in [1.54, 1.807) is 0 Å². The second-order valence-corrected chi connectivity index (χ2v) is 4.31. The van der Waals surface area contributed by atoms with Gasteiger partial charge >= 0.3 is 0 Å². The van der Waals surface area contributed by atoms with Gasteiger partial charge in [0.15, 0.2) is 5.43 Å². The highest BCUT2D eigenvalue weighted by Gasteiger charge is 2.04. The Balaban J connectivity index is 2.99. The van der Waals surface area contributed by atoms with Gasteiger partial charge in [0.05, 0.1) is 0 Å². The lowest BCUT2D eigenvalue weighted by molar-refractivity contribution is 1.18. The molecule has 14 heavy (non-hydrogen) atoms. The number of hydrogen-bond acceptors (Lipinski definition) is 1. The van der Waals surface area contributed by atoms with Crippen LogP contribution in [0.25, 0.3) is 10.9 Å². The monoisotopic (exact) mass is 251 g/mol. The Kier molecular flexibility index (Phi) is 2.19. The molecule has 0 fully saturated rings. The standard InChI is InChI=1S/C11H10BrNO/c1-6-7(2)13-10-4-3-8(12)5-9(10)11(6)14/h3-5H,1-2H3,(H,13,14). The zero-order chi connectivity index (χ0) is 10.3. The number of aromatic nitrogens is 1. The lowest BCUT2D eigenvalue weighted by atomic mass is 10.1. The SMILES string of the molecule is Cc1[nH]c2ccc(Br)cc2c(=O)c1C. The maximum atomic E-state index is 11.9. The van der Waals surface area contributed by atoms with Crippen LogP contribution in [0.3, 0.4) is 0 Å². The van der Waals surface area contributed by atoms with Gasteiger partial charge in [0.2, 0.25) is 0 Å². The highest BCUT2D eigenvalue weighted by molar-refractivity contribution is 9.10. The Morgan fingerprint density at radius 1 is 1.29 bits per heavy atom. The molecule has 0 saturated heterocycles. The summed E-state index contributed by atoms with van der Waals surface area (Å²) in [4.78, 5) is 15.1. The number of hydrogen-bond donors (Lipinski definition) is 1. The Hall–Kier alpha value is -1.09. The highest BCUT2D eigenvalue weighted by Crippen LogP contribution is 2.16. The molecule has 2 rings (SSSR count). The first kappa shape index (κ1) is 9.46. The van der Waals surface area contributed by atoms with E-state index in [2.05, 4.69) is 20.9 Å². The second kappa shape index (κ2) is 3.24. The van der Waals surface area contributed by atoms with Crippen molar-refractivity contribution in [1.82, 2.24) is 4.98 Å². The molecule has 1 aromatic carbocycles. The van der Waals surface area contributed by atoms with Gasteiger partial charge in [0, 0.05) is 26.6 Å². The summed E-state index contributed by atoms with van der Waals surface area (Å²) in [6.45, 7) is 3.76. The first-order valence-electron chi connectivity index (χ1n) is 4.38. The molecule has 2 aromatic rings. The van der Waals surface area contributed by atoms with Gasteiger partial charge in [-0.2, -0.15) is 0 Å². The van der Waals surface area contributed by atoms with E-state index in [1.165, 1.54) is 0 Å². The lowest BCUT2D eigenvalue weighted by Gasteiger charge is -2.03. The first-order chi connectivity index (χ1) is 6.59. The number of rotatable bonds is 0. The summed E-state index contributed by atoms with van der Waals surface area (Å²) in [6, 6.07) is 5.68. The zero-order valence-electron chi connectivity index (χ0n) is 8.02. The summed E-state index contributed by atoms with van der Waals surface area (Å²) in [5.41, 5.74) is 2.72. The molecule has 0 atom stereocenters. The molecule has 0 spiro atoms. The topological polar surface area (TPSA) is 32.9 Å². The average Bonchev–Trinajstić information content (AvgIpc) is 2.16. The van der Waals surface area contributed by atoms with Crippen molar-refractivity contribution in [3.63, 3.8) is 0 Å². The van der Waals surface area contributed by atoms with Crippen LogP contribution in [-0.2, 0) is 0 Å². The van der Waals surface area contributed by atoms with E-state index in [0.29, 0.717) is 0 Å². The number of halogens is 1. The van der Waals surface area contributed by atoms with Crippen LogP contribution >= 0.6 is 15.9 Å². The van der Waals surface area contributed by atoms with Gasteiger partial charge in [-0.15, -0.1) is 0 Å². The molecule has 0 aliphatic carbocycles.